The number of hydrogen-bond donors (Lipinski definition) is 1. The Hall–Kier alpha value is -1.51. The average molecular weight is 196 g/mol. The summed E-state index contributed by atoms with van der Waals surface area (Å²) in [5.41, 5.74) is -0.131. The molecule has 1 N–H and O–H groups in total. The van der Waals surface area contributed by atoms with Crippen molar-refractivity contribution in [1.82, 2.24) is 0 Å². The van der Waals surface area contributed by atoms with Crippen LogP contribution in [0.2, 0.25) is 0 Å². The van der Waals surface area contributed by atoms with Crippen LogP contribution in [-0.2, 0) is 5.92 Å². The van der Waals surface area contributed by atoms with Gasteiger partial charge >= 0.3 is 5.92 Å². The van der Waals surface area contributed by atoms with Crippen molar-refractivity contribution >= 4 is 5.69 Å². The quantitative estimate of drug-likeness (QED) is 0.620. The zero-order chi connectivity index (χ0) is 10.3. The van der Waals surface area contributed by atoms with Gasteiger partial charge in [-0.25, -0.2) is 0 Å². The first-order valence-corrected chi connectivity index (χ1v) is 4.00. The molecule has 2 rings (SSSR count). The Morgan fingerprint density at radius 1 is 1.50 bits per heavy atom. The molecular formula is C9H6F2N2O. The van der Waals surface area contributed by atoms with Crippen molar-refractivity contribution in [2.24, 2.45) is 0 Å². The lowest BCUT2D eigenvalue weighted by Crippen LogP contribution is -3.01. The Balaban J connectivity index is 2.60. The third kappa shape index (κ3) is 1.16. The van der Waals surface area contributed by atoms with Crippen molar-refractivity contribution in [3.05, 3.63) is 34.5 Å². The van der Waals surface area contributed by atoms with Crippen LogP contribution in [0.15, 0.2) is 18.2 Å². The second kappa shape index (κ2) is 2.74. The first kappa shape index (κ1) is 9.06. The second-order valence-corrected chi connectivity index (χ2v) is 3.18. The number of nitriles is 1. The van der Waals surface area contributed by atoms with Crippen LogP contribution in [0.1, 0.15) is 11.1 Å². The number of halogens is 2. The summed E-state index contributed by atoms with van der Waals surface area (Å²) >= 11 is 0. The highest BCUT2D eigenvalue weighted by atomic mass is 19.3. The summed E-state index contributed by atoms with van der Waals surface area (Å²) < 4.78 is 26.3. The van der Waals surface area contributed by atoms with E-state index in [4.69, 9.17) is 5.26 Å². The molecule has 0 bridgehead atoms. The summed E-state index contributed by atoms with van der Waals surface area (Å²) in [6, 6.07) is 5.51. The van der Waals surface area contributed by atoms with E-state index in [2.05, 4.69) is 0 Å². The minimum absolute atomic E-state index is 0.0361. The van der Waals surface area contributed by atoms with E-state index >= 15 is 0 Å². The van der Waals surface area contributed by atoms with Crippen LogP contribution in [0.25, 0.3) is 0 Å². The monoisotopic (exact) mass is 196 g/mol. The number of nitrogens with zero attached hydrogens (tertiary/aromatic N) is 1. The van der Waals surface area contributed by atoms with Gasteiger partial charge in [-0.2, -0.15) is 14.0 Å². The van der Waals surface area contributed by atoms with Gasteiger partial charge in [-0.15, -0.1) is 0 Å². The molecule has 0 radical (unpaired) electrons. The molecule has 0 amide bonds. The normalized spacial score (nSPS) is 22.9. The lowest BCUT2D eigenvalue weighted by molar-refractivity contribution is -0.778. The molecule has 0 spiro atoms. The number of hydroxylamine groups is 1. The largest absolute Gasteiger partial charge is 0.629 e. The molecule has 1 aromatic carbocycles. The summed E-state index contributed by atoms with van der Waals surface area (Å²) in [7, 11) is 0. The van der Waals surface area contributed by atoms with E-state index in [0.29, 0.717) is 0 Å². The van der Waals surface area contributed by atoms with Gasteiger partial charge in [0.2, 0.25) is 0 Å². The summed E-state index contributed by atoms with van der Waals surface area (Å²) in [5, 5.41) is 19.1. The molecule has 0 aromatic heterocycles. The molecule has 1 aliphatic rings. The third-order valence-electron chi connectivity index (χ3n) is 2.23. The predicted molar refractivity (Wildman–Crippen MR) is 43.9 cm³/mol. The highest BCUT2D eigenvalue weighted by molar-refractivity contribution is 5.50. The van der Waals surface area contributed by atoms with E-state index in [1.165, 1.54) is 12.1 Å². The van der Waals surface area contributed by atoms with Crippen molar-refractivity contribution in [3.8, 4) is 6.07 Å². The average Bonchev–Trinajstić information content (AvgIpc) is 2.37. The first-order valence-electron chi connectivity index (χ1n) is 4.00. The van der Waals surface area contributed by atoms with Crippen LogP contribution < -0.4 is 5.06 Å². The zero-order valence-electron chi connectivity index (χ0n) is 7.05. The standard InChI is InChI=1S/C9H6F2N2O/c10-9(11)5-13(14)8-2-1-6(4-12)3-7(8)9/h1-3,13H,5H2. The zero-order valence-corrected chi connectivity index (χ0v) is 7.05. The van der Waals surface area contributed by atoms with Gasteiger partial charge in [0, 0.05) is 6.07 Å². The minimum atomic E-state index is -3.11. The van der Waals surface area contributed by atoms with Gasteiger partial charge in [0.1, 0.15) is 5.69 Å². The van der Waals surface area contributed by atoms with E-state index in [-0.39, 0.29) is 16.8 Å². The Labute approximate surface area is 78.8 Å². The fourth-order valence-corrected chi connectivity index (χ4v) is 1.55. The van der Waals surface area contributed by atoms with Crippen LogP contribution >= 0.6 is 0 Å². The molecule has 0 saturated heterocycles. The van der Waals surface area contributed by atoms with Crippen LogP contribution in [0.3, 0.4) is 0 Å². The van der Waals surface area contributed by atoms with E-state index in [1.807, 2.05) is 0 Å². The van der Waals surface area contributed by atoms with Crippen LogP contribution in [-0.4, -0.2) is 6.54 Å². The van der Waals surface area contributed by atoms with Crippen molar-refractivity contribution < 1.29 is 13.8 Å². The Morgan fingerprint density at radius 3 is 2.86 bits per heavy atom. The lowest BCUT2D eigenvalue weighted by atomic mass is 10.1. The number of quaternary nitrogens is 1. The molecular weight excluding hydrogens is 190 g/mol. The fraction of sp³-hybridized carbons (Fsp3) is 0.222. The number of fused-ring (bicyclic) bond motifs is 1. The predicted octanol–water partition coefficient (Wildman–Crippen LogP) is 0.678. The van der Waals surface area contributed by atoms with E-state index < -0.39 is 17.5 Å². The topological polar surface area (TPSA) is 51.3 Å². The molecule has 1 atom stereocenters. The van der Waals surface area contributed by atoms with Crippen molar-refractivity contribution in [2.75, 3.05) is 6.54 Å². The van der Waals surface area contributed by atoms with Gasteiger partial charge in [-0.3, -0.25) is 0 Å². The fourth-order valence-electron chi connectivity index (χ4n) is 1.55. The molecule has 0 fully saturated rings. The SMILES string of the molecule is N#Cc1ccc2c(c1)C(F)(F)C[NH+]2[O-]. The van der Waals surface area contributed by atoms with Gasteiger partial charge in [0.25, 0.3) is 0 Å². The molecule has 0 aliphatic carbocycles. The number of benzene rings is 1. The molecule has 1 aliphatic heterocycles. The third-order valence-corrected chi connectivity index (χ3v) is 2.23. The lowest BCUT2D eigenvalue weighted by Gasteiger charge is -2.14. The van der Waals surface area contributed by atoms with Crippen LogP contribution in [0.4, 0.5) is 14.5 Å². The Kier molecular flexibility index (Phi) is 1.77. The van der Waals surface area contributed by atoms with Crippen LogP contribution in [0, 0.1) is 16.5 Å². The van der Waals surface area contributed by atoms with Gasteiger partial charge in [0.15, 0.2) is 6.54 Å². The summed E-state index contributed by atoms with van der Waals surface area (Å²) in [6.45, 7) is -0.781. The molecule has 72 valence electrons. The minimum Gasteiger partial charge on any atom is -0.629 e. The second-order valence-electron chi connectivity index (χ2n) is 3.18. The number of hydrogen-bond acceptors (Lipinski definition) is 2. The molecule has 1 heterocycles. The maximum Gasteiger partial charge on any atom is 0.327 e. The summed E-state index contributed by atoms with van der Waals surface area (Å²) in [5.74, 6) is -3.11. The van der Waals surface area contributed by atoms with E-state index in [0.717, 1.165) is 6.07 Å². The molecule has 1 unspecified atom stereocenters. The highest BCUT2D eigenvalue weighted by Gasteiger charge is 2.45. The van der Waals surface area contributed by atoms with Crippen molar-refractivity contribution in [3.63, 3.8) is 0 Å². The summed E-state index contributed by atoms with van der Waals surface area (Å²) in [6.07, 6.45) is 0. The van der Waals surface area contributed by atoms with E-state index in [1.54, 1.807) is 6.07 Å². The highest BCUT2D eigenvalue weighted by Crippen LogP contribution is 2.35. The molecule has 3 nitrogen and oxygen atoms in total. The van der Waals surface area contributed by atoms with Gasteiger partial charge in [-0.1, -0.05) is 0 Å². The molecule has 0 saturated carbocycles. The van der Waals surface area contributed by atoms with Gasteiger partial charge in [-0.05, 0) is 12.1 Å². The van der Waals surface area contributed by atoms with Crippen molar-refractivity contribution in [1.29, 1.82) is 5.26 Å². The van der Waals surface area contributed by atoms with Gasteiger partial charge in [0.05, 0.1) is 17.2 Å². The number of nitrogens with one attached hydrogen (secondary N) is 1. The maximum atomic E-state index is 13.2. The van der Waals surface area contributed by atoms with Gasteiger partial charge < -0.3 is 10.3 Å². The van der Waals surface area contributed by atoms with Crippen LogP contribution in [0.5, 0.6) is 0 Å². The molecule has 1 aromatic rings. The smallest absolute Gasteiger partial charge is 0.327 e. The maximum absolute atomic E-state index is 13.2. The van der Waals surface area contributed by atoms with E-state index in [9.17, 15) is 14.0 Å². The van der Waals surface area contributed by atoms with Crippen molar-refractivity contribution in [2.45, 2.75) is 5.92 Å². The Bertz CT molecular complexity index is 425. The molecule has 5 heteroatoms. The number of rotatable bonds is 0. The summed E-state index contributed by atoms with van der Waals surface area (Å²) in [4.78, 5) is 0. The molecule has 14 heavy (non-hydrogen) atoms. The number of alkyl halides is 2. The Morgan fingerprint density at radius 2 is 2.21 bits per heavy atom. The first-order chi connectivity index (χ1) is 6.54.